The molecule has 80 valence electrons. The standard InChI is InChI=1S/C9H22O2SSi/c1-9(10)8-12-6-5-7-13(3,4)11-2/h9-10H,5-8H2,1-4H3. The van der Waals surface area contributed by atoms with E-state index in [0.717, 1.165) is 11.5 Å². The Labute approximate surface area is 87.2 Å². The first kappa shape index (κ1) is 13.5. The predicted molar refractivity (Wildman–Crippen MR) is 62.9 cm³/mol. The highest BCUT2D eigenvalue weighted by Gasteiger charge is 2.19. The maximum atomic E-state index is 9.02. The third kappa shape index (κ3) is 8.81. The molecule has 2 nitrogen and oxygen atoms in total. The minimum Gasteiger partial charge on any atom is -0.420 e. The van der Waals surface area contributed by atoms with Gasteiger partial charge in [0.05, 0.1) is 6.10 Å². The average molecular weight is 222 g/mol. The van der Waals surface area contributed by atoms with Crippen LogP contribution in [0.25, 0.3) is 0 Å². The molecular formula is C9H22O2SSi. The van der Waals surface area contributed by atoms with Crippen LogP contribution in [0.1, 0.15) is 13.3 Å². The monoisotopic (exact) mass is 222 g/mol. The quantitative estimate of drug-likeness (QED) is 0.530. The normalized spacial score (nSPS) is 14.5. The molecule has 0 rings (SSSR count). The van der Waals surface area contributed by atoms with Gasteiger partial charge in [0.15, 0.2) is 8.32 Å². The summed E-state index contributed by atoms with van der Waals surface area (Å²) in [4.78, 5) is 0. The first-order chi connectivity index (χ1) is 5.98. The lowest BCUT2D eigenvalue weighted by molar-refractivity contribution is 0.220. The largest absolute Gasteiger partial charge is 0.420 e. The molecule has 0 aromatic carbocycles. The Kier molecular flexibility index (Phi) is 7.13. The Bertz CT molecular complexity index is 129. The zero-order valence-electron chi connectivity index (χ0n) is 9.17. The number of hydrogen-bond donors (Lipinski definition) is 1. The first-order valence-electron chi connectivity index (χ1n) is 4.79. The predicted octanol–water partition coefficient (Wildman–Crippen LogP) is 2.34. The molecule has 0 saturated carbocycles. The third-order valence-corrected chi connectivity index (χ3v) is 5.94. The molecule has 0 aliphatic heterocycles. The second-order valence-electron chi connectivity index (χ2n) is 3.99. The van der Waals surface area contributed by atoms with Crippen LogP contribution >= 0.6 is 11.8 Å². The second kappa shape index (κ2) is 6.87. The lowest BCUT2D eigenvalue weighted by Gasteiger charge is -2.19. The molecular weight excluding hydrogens is 200 g/mol. The molecule has 1 unspecified atom stereocenters. The second-order valence-corrected chi connectivity index (χ2v) is 9.57. The summed E-state index contributed by atoms with van der Waals surface area (Å²) in [6.07, 6.45) is 1.04. The van der Waals surface area contributed by atoms with Gasteiger partial charge in [-0.3, -0.25) is 0 Å². The van der Waals surface area contributed by atoms with Crippen LogP contribution in [0.2, 0.25) is 19.1 Å². The van der Waals surface area contributed by atoms with Crippen LogP contribution in [-0.2, 0) is 4.43 Å². The van der Waals surface area contributed by atoms with Crippen LogP contribution in [0.3, 0.4) is 0 Å². The van der Waals surface area contributed by atoms with Gasteiger partial charge in [-0.1, -0.05) is 0 Å². The molecule has 1 atom stereocenters. The third-order valence-electron chi connectivity index (χ3n) is 1.98. The van der Waals surface area contributed by atoms with Crippen molar-refractivity contribution in [3.05, 3.63) is 0 Å². The van der Waals surface area contributed by atoms with Crippen molar-refractivity contribution in [3.8, 4) is 0 Å². The maximum absolute atomic E-state index is 9.02. The van der Waals surface area contributed by atoms with E-state index in [0.29, 0.717) is 0 Å². The van der Waals surface area contributed by atoms with Crippen LogP contribution in [0.4, 0.5) is 0 Å². The number of rotatable bonds is 7. The topological polar surface area (TPSA) is 29.5 Å². The minimum absolute atomic E-state index is 0.169. The van der Waals surface area contributed by atoms with Crippen molar-refractivity contribution >= 4 is 20.1 Å². The Hall–Kier alpha value is 0.487. The van der Waals surface area contributed by atoms with Gasteiger partial charge in [-0.15, -0.1) is 0 Å². The summed E-state index contributed by atoms with van der Waals surface area (Å²) in [6, 6.07) is 1.22. The van der Waals surface area contributed by atoms with E-state index in [1.807, 2.05) is 25.8 Å². The number of aliphatic hydroxyl groups is 1. The van der Waals surface area contributed by atoms with Gasteiger partial charge in [0, 0.05) is 12.9 Å². The van der Waals surface area contributed by atoms with Gasteiger partial charge in [-0.05, 0) is 38.2 Å². The zero-order valence-corrected chi connectivity index (χ0v) is 11.0. The molecule has 1 N–H and O–H groups in total. The molecule has 4 heteroatoms. The van der Waals surface area contributed by atoms with Crippen molar-refractivity contribution in [3.63, 3.8) is 0 Å². The highest BCUT2D eigenvalue weighted by atomic mass is 32.2. The smallest absolute Gasteiger partial charge is 0.186 e. The van der Waals surface area contributed by atoms with Gasteiger partial charge in [0.1, 0.15) is 0 Å². The molecule has 0 heterocycles. The average Bonchev–Trinajstić information content (AvgIpc) is 2.03. The summed E-state index contributed by atoms with van der Waals surface area (Å²) in [5, 5.41) is 9.02. The van der Waals surface area contributed by atoms with Crippen LogP contribution < -0.4 is 0 Å². The minimum atomic E-state index is -1.33. The van der Waals surface area contributed by atoms with Gasteiger partial charge >= 0.3 is 0 Å². The van der Waals surface area contributed by atoms with Gasteiger partial charge in [-0.2, -0.15) is 11.8 Å². The summed E-state index contributed by atoms with van der Waals surface area (Å²) in [5.74, 6) is 2.00. The molecule has 0 fully saturated rings. The van der Waals surface area contributed by atoms with Crippen molar-refractivity contribution in [2.24, 2.45) is 0 Å². The molecule has 0 aromatic rings. The molecule has 13 heavy (non-hydrogen) atoms. The van der Waals surface area contributed by atoms with Gasteiger partial charge in [0.2, 0.25) is 0 Å². The molecule has 0 aliphatic carbocycles. The molecule has 0 radical (unpaired) electrons. The molecule has 0 spiro atoms. The van der Waals surface area contributed by atoms with Crippen LogP contribution in [0.15, 0.2) is 0 Å². The maximum Gasteiger partial charge on any atom is 0.186 e. The van der Waals surface area contributed by atoms with E-state index in [1.165, 1.54) is 12.5 Å². The number of thioether (sulfide) groups is 1. The lowest BCUT2D eigenvalue weighted by Crippen LogP contribution is -2.28. The van der Waals surface area contributed by atoms with Crippen molar-refractivity contribution < 1.29 is 9.53 Å². The van der Waals surface area contributed by atoms with E-state index < -0.39 is 8.32 Å². The fourth-order valence-corrected chi connectivity index (χ4v) is 3.30. The summed E-state index contributed by atoms with van der Waals surface area (Å²) >= 11 is 1.83. The van der Waals surface area contributed by atoms with E-state index in [9.17, 15) is 0 Å². The molecule has 0 saturated heterocycles. The Balaban J connectivity index is 3.26. The summed E-state index contributed by atoms with van der Waals surface area (Å²) in [6.45, 7) is 6.32. The summed E-state index contributed by atoms with van der Waals surface area (Å²) < 4.78 is 5.45. The van der Waals surface area contributed by atoms with Crippen molar-refractivity contribution in [2.75, 3.05) is 18.6 Å². The Morgan fingerprint density at radius 3 is 2.54 bits per heavy atom. The van der Waals surface area contributed by atoms with Gasteiger partial charge in [-0.25, -0.2) is 0 Å². The van der Waals surface area contributed by atoms with E-state index in [2.05, 4.69) is 13.1 Å². The molecule has 0 amide bonds. The Morgan fingerprint density at radius 1 is 1.46 bits per heavy atom. The van der Waals surface area contributed by atoms with Gasteiger partial charge < -0.3 is 9.53 Å². The summed E-state index contributed by atoms with van der Waals surface area (Å²) in [5.41, 5.74) is 0. The number of hydrogen-bond acceptors (Lipinski definition) is 3. The highest BCUT2D eigenvalue weighted by molar-refractivity contribution is 7.99. The van der Waals surface area contributed by atoms with Crippen LogP contribution in [-0.4, -0.2) is 38.1 Å². The van der Waals surface area contributed by atoms with Crippen molar-refractivity contribution in [1.82, 2.24) is 0 Å². The zero-order chi connectivity index (χ0) is 10.3. The van der Waals surface area contributed by atoms with E-state index in [-0.39, 0.29) is 6.10 Å². The van der Waals surface area contributed by atoms with Gasteiger partial charge in [0.25, 0.3) is 0 Å². The van der Waals surface area contributed by atoms with E-state index >= 15 is 0 Å². The van der Waals surface area contributed by atoms with E-state index in [4.69, 9.17) is 9.53 Å². The van der Waals surface area contributed by atoms with Crippen molar-refractivity contribution in [2.45, 2.75) is 38.6 Å². The molecule has 0 aromatic heterocycles. The fraction of sp³-hybridized carbons (Fsp3) is 1.00. The first-order valence-corrected chi connectivity index (χ1v) is 9.06. The van der Waals surface area contributed by atoms with E-state index in [1.54, 1.807) is 0 Å². The van der Waals surface area contributed by atoms with Crippen LogP contribution in [0.5, 0.6) is 0 Å². The Morgan fingerprint density at radius 2 is 2.08 bits per heavy atom. The summed E-state index contributed by atoms with van der Waals surface area (Å²) in [7, 11) is 0.484. The van der Waals surface area contributed by atoms with Crippen molar-refractivity contribution in [1.29, 1.82) is 0 Å². The number of aliphatic hydroxyl groups excluding tert-OH is 1. The highest BCUT2D eigenvalue weighted by Crippen LogP contribution is 2.15. The van der Waals surface area contributed by atoms with Crippen LogP contribution in [0, 0.1) is 0 Å². The lowest BCUT2D eigenvalue weighted by atomic mass is 10.5. The fourth-order valence-electron chi connectivity index (χ4n) is 0.956. The SMILES string of the molecule is CO[Si](C)(C)CCCSCC(C)O. The molecule has 0 bridgehead atoms. The molecule has 0 aliphatic rings.